The van der Waals surface area contributed by atoms with Crippen LogP contribution in [0.4, 0.5) is 4.39 Å². The van der Waals surface area contributed by atoms with Gasteiger partial charge in [-0.3, -0.25) is 9.78 Å². The maximum Gasteiger partial charge on any atom is 0.291 e. The number of hydrogen-bond donors (Lipinski definition) is 0. The van der Waals surface area contributed by atoms with Gasteiger partial charge in [-0.15, -0.1) is 5.10 Å². The summed E-state index contributed by atoms with van der Waals surface area (Å²) in [6.07, 6.45) is 8.59. The minimum atomic E-state index is -0.286. The molecular weight excluding hydrogens is 339 g/mol. The van der Waals surface area contributed by atoms with E-state index in [2.05, 4.69) is 15.1 Å². The molecule has 0 fully saturated rings. The first-order valence-electron chi connectivity index (χ1n) is 7.44. The molecule has 0 aliphatic rings. The molecule has 0 bridgehead atoms. The van der Waals surface area contributed by atoms with Crippen LogP contribution in [0.2, 0.25) is 0 Å². The Bertz CT molecular complexity index is 1160. The number of hydrogen-bond acceptors (Lipinski definition) is 5. The fourth-order valence-electron chi connectivity index (χ4n) is 2.28. The highest BCUT2D eigenvalue weighted by molar-refractivity contribution is 7.15. The number of aromatic nitrogens is 4. The van der Waals surface area contributed by atoms with Gasteiger partial charge in [0.1, 0.15) is 5.82 Å². The number of thiazole rings is 1. The average molecular weight is 350 g/mol. The summed E-state index contributed by atoms with van der Waals surface area (Å²) in [7, 11) is 0. The van der Waals surface area contributed by atoms with E-state index in [4.69, 9.17) is 0 Å². The lowest BCUT2D eigenvalue weighted by Gasteiger charge is -1.91. The molecule has 0 unspecified atom stereocenters. The van der Waals surface area contributed by atoms with E-state index in [1.807, 2.05) is 12.1 Å². The first-order chi connectivity index (χ1) is 12.2. The van der Waals surface area contributed by atoms with Crippen LogP contribution >= 0.6 is 11.3 Å². The second-order valence-corrected chi connectivity index (χ2v) is 6.26. The third-order valence-electron chi connectivity index (χ3n) is 3.48. The third kappa shape index (κ3) is 3.22. The Morgan fingerprint density at radius 3 is 2.64 bits per heavy atom. The minimum absolute atomic E-state index is 0.210. The van der Waals surface area contributed by atoms with Crippen LogP contribution in [0.15, 0.2) is 53.6 Å². The predicted octanol–water partition coefficient (Wildman–Crippen LogP) is 2.40. The summed E-state index contributed by atoms with van der Waals surface area (Å²) in [5.74, 6) is 0.145. The van der Waals surface area contributed by atoms with Gasteiger partial charge in [-0.05, 0) is 41.5 Å². The van der Waals surface area contributed by atoms with Gasteiger partial charge in [0.15, 0.2) is 5.82 Å². The predicted molar refractivity (Wildman–Crippen MR) is 95.5 cm³/mol. The van der Waals surface area contributed by atoms with Gasteiger partial charge in [0.2, 0.25) is 4.96 Å². The van der Waals surface area contributed by atoms with Crippen molar-refractivity contribution in [2.24, 2.45) is 0 Å². The van der Waals surface area contributed by atoms with Gasteiger partial charge in [0, 0.05) is 12.4 Å². The van der Waals surface area contributed by atoms with E-state index < -0.39 is 0 Å². The van der Waals surface area contributed by atoms with Crippen molar-refractivity contribution in [3.05, 3.63) is 86.4 Å². The number of rotatable bonds is 3. The van der Waals surface area contributed by atoms with Gasteiger partial charge < -0.3 is 0 Å². The summed E-state index contributed by atoms with van der Waals surface area (Å²) in [6.45, 7) is 0. The monoisotopic (exact) mass is 350 g/mol. The van der Waals surface area contributed by atoms with Crippen molar-refractivity contribution in [3.63, 3.8) is 0 Å². The van der Waals surface area contributed by atoms with Crippen LogP contribution in [0.25, 0.3) is 23.2 Å². The van der Waals surface area contributed by atoms with E-state index in [9.17, 15) is 9.18 Å². The third-order valence-corrected chi connectivity index (χ3v) is 4.43. The van der Waals surface area contributed by atoms with Gasteiger partial charge in [-0.25, -0.2) is 4.39 Å². The molecular formula is C18H11FN4OS. The summed E-state index contributed by atoms with van der Waals surface area (Å²) in [6, 6.07) is 9.77. The van der Waals surface area contributed by atoms with E-state index in [1.54, 1.807) is 42.8 Å². The molecule has 0 radical (unpaired) electrons. The van der Waals surface area contributed by atoms with Gasteiger partial charge in [0.25, 0.3) is 5.56 Å². The Labute approximate surface area is 145 Å². The van der Waals surface area contributed by atoms with Crippen molar-refractivity contribution in [1.82, 2.24) is 19.6 Å². The van der Waals surface area contributed by atoms with E-state index in [1.165, 1.54) is 28.0 Å². The lowest BCUT2D eigenvalue weighted by Crippen LogP contribution is -2.23. The molecule has 4 rings (SSSR count). The molecule has 122 valence electrons. The molecule has 7 heteroatoms. The molecule has 0 N–H and O–H groups in total. The van der Waals surface area contributed by atoms with Gasteiger partial charge in [-0.1, -0.05) is 35.6 Å². The molecule has 0 spiro atoms. The number of fused-ring (bicyclic) bond motifs is 1. The maximum atomic E-state index is 12.9. The van der Waals surface area contributed by atoms with Crippen molar-refractivity contribution in [1.29, 1.82) is 0 Å². The van der Waals surface area contributed by atoms with Crippen molar-refractivity contribution in [2.75, 3.05) is 0 Å². The molecule has 0 amide bonds. The number of halogens is 1. The summed E-state index contributed by atoms with van der Waals surface area (Å²) in [4.78, 5) is 21.3. The van der Waals surface area contributed by atoms with Gasteiger partial charge >= 0.3 is 0 Å². The first kappa shape index (κ1) is 15.3. The normalized spacial score (nSPS) is 12.4. The molecule has 0 saturated carbocycles. The van der Waals surface area contributed by atoms with E-state index in [-0.39, 0.29) is 11.4 Å². The highest BCUT2D eigenvalue weighted by Gasteiger charge is 2.08. The largest absolute Gasteiger partial charge is 0.291 e. The Morgan fingerprint density at radius 2 is 1.92 bits per heavy atom. The van der Waals surface area contributed by atoms with Crippen molar-refractivity contribution in [2.45, 2.75) is 0 Å². The highest BCUT2D eigenvalue weighted by atomic mass is 32.1. The molecule has 0 atom stereocenters. The smallest absolute Gasteiger partial charge is 0.266 e. The molecule has 1 aromatic carbocycles. The summed E-state index contributed by atoms with van der Waals surface area (Å²) in [5, 5.41) is 4.21. The SMILES string of the molecule is O=c1c(=Cc2cccnc2)sc2nc(C=Cc3ccc(F)cc3)nn12. The van der Waals surface area contributed by atoms with Crippen LogP contribution in [0.3, 0.4) is 0 Å². The van der Waals surface area contributed by atoms with E-state index in [0.29, 0.717) is 15.3 Å². The zero-order valence-corrected chi connectivity index (χ0v) is 13.7. The summed E-state index contributed by atoms with van der Waals surface area (Å²) < 4.78 is 14.7. The standard InChI is InChI=1S/C18H11FN4OS/c19-14-6-3-12(4-7-14)5-8-16-21-18-23(22-16)17(24)15(25-18)10-13-2-1-9-20-11-13/h1-11H. The lowest BCUT2D eigenvalue weighted by atomic mass is 10.2. The van der Waals surface area contributed by atoms with Crippen molar-refractivity contribution in [3.8, 4) is 0 Å². The summed E-state index contributed by atoms with van der Waals surface area (Å²) >= 11 is 1.27. The van der Waals surface area contributed by atoms with Crippen LogP contribution in [0.5, 0.6) is 0 Å². The van der Waals surface area contributed by atoms with Crippen LogP contribution in [-0.2, 0) is 0 Å². The fourth-order valence-corrected chi connectivity index (χ4v) is 3.19. The topological polar surface area (TPSA) is 60.2 Å². The Morgan fingerprint density at radius 1 is 1.08 bits per heavy atom. The zero-order valence-electron chi connectivity index (χ0n) is 12.8. The molecule has 5 nitrogen and oxygen atoms in total. The second-order valence-electron chi connectivity index (χ2n) is 5.25. The molecule has 25 heavy (non-hydrogen) atoms. The lowest BCUT2D eigenvalue weighted by molar-refractivity contribution is 0.628. The number of benzene rings is 1. The Balaban J connectivity index is 1.67. The molecule has 0 aliphatic carbocycles. The second kappa shape index (κ2) is 6.37. The van der Waals surface area contributed by atoms with Crippen molar-refractivity contribution < 1.29 is 4.39 Å². The maximum absolute atomic E-state index is 12.9. The molecule has 0 saturated heterocycles. The van der Waals surface area contributed by atoms with Gasteiger partial charge in [0.05, 0.1) is 4.53 Å². The number of nitrogens with zero attached hydrogens (tertiary/aromatic N) is 4. The van der Waals surface area contributed by atoms with Crippen LogP contribution in [0, 0.1) is 5.82 Å². The average Bonchev–Trinajstić information content (AvgIpc) is 3.15. The van der Waals surface area contributed by atoms with Crippen molar-refractivity contribution >= 4 is 34.5 Å². The van der Waals surface area contributed by atoms with Crippen LogP contribution in [-0.4, -0.2) is 19.6 Å². The molecule has 4 aromatic rings. The van der Waals surface area contributed by atoms with E-state index in [0.717, 1.165) is 11.1 Å². The summed E-state index contributed by atoms with van der Waals surface area (Å²) in [5.41, 5.74) is 1.46. The molecule has 3 heterocycles. The first-order valence-corrected chi connectivity index (χ1v) is 8.26. The van der Waals surface area contributed by atoms with E-state index >= 15 is 0 Å². The number of pyridine rings is 1. The Kier molecular flexibility index (Phi) is 3.91. The quantitative estimate of drug-likeness (QED) is 0.569. The molecule has 0 aliphatic heterocycles. The minimum Gasteiger partial charge on any atom is -0.266 e. The fraction of sp³-hybridized carbons (Fsp3) is 0. The van der Waals surface area contributed by atoms with Crippen LogP contribution < -0.4 is 10.1 Å². The highest BCUT2D eigenvalue weighted by Crippen LogP contribution is 2.09. The van der Waals surface area contributed by atoms with Crippen LogP contribution in [0.1, 0.15) is 17.0 Å². The molecule has 3 aromatic heterocycles. The zero-order chi connectivity index (χ0) is 17.2. The van der Waals surface area contributed by atoms with Gasteiger partial charge in [-0.2, -0.15) is 9.50 Å². The Hall–Kier alpha value is -3.19.